The fourth-order valence-corrected chi connectivity index (χ4v) is 3.85. The molecule has 1 saturated heterocycles. The third-order valence-electron chi connectivity index (χ3n) is 5.21. The number of para-hydroxylation sites is 1. The van der Waals surface area contributed by atoms with Crippen molar-refractivity contribution in [2.45, 2.75) is 38.3 Å². The highest BCUT2D eigenvalue weighted by atomic mass is 16.2. The van der Waals surface area contributed by atoms with Gasteiger partial charge in [-0.3, -0.25) is 4.79 Å². The second kappa shape index (κ2) is 5.49. The first kappa shape index (κ1) is 14.5. The summed E-state index contributed by atoms with van der Waals surface area (Å²) in [6.07, 6.45) is 6.32. The summed E-state index contributed by atoms with van der Waals surface area (Å²) in [4.78, 5) is 18.6. The van der Waals surface area contributed by atoms with Crippen molar-refractivity contribution < 1.29 is 4.79 Å². The van der Waals surface area contributed by atoms with E-state index in [0.29, 0.717) is 6.42 Å². The molecule has 1 spiro atoms. The highest BCUT2D eigenvalue weighted by Gasteiger charge is 2.41. The molecular formula is C18H22N4O. The van der Waals surface area contributed by atoms with Gasteiger partial charge in [0.1, 0.15) is 5.82 Å². The van der Waals surface area contributed by atoms with Gasteiger partial charge in [-0.1, -0.05) is 25.1 Å². The molecule has 2 aliphatic rings. The monoisotopic (exact) mass is 310 g/mol. The van der Waals surface area contributed by atoms with Gasteiger partial charge in [0, 0.05) is 38.4 Å². The van der Waals surface area contributed by atoms with Gasteiger partial charge in [-0.2, -0.15) is 0 Å². The molecule has 1 amide bonds. The summed E-state index contributed by atoms with van der Waals surface area (Å²) in [5, 5.41) is 3.75. The first-order chi connectivity index (χ1) is 11.2. The number of amides is 1. The number of hydrogen-bond donors (Lipinski definition) is 1. The number of imidazole rings is 1. The number of aromatic nitrogens is 2. The number of nitrogens with one attached hydrogen (secondary N) is 1. The van der Waals surface area contributed by atoms with Crippen LogP contribution in [0.2, 0.25) is 0 Å². The smallest absolute Gasteiger partial charge is 0.222 e. The zero-order valence-corrected chi connectivity index (χ0v) is 13.5. The molecule has 0 unspecified atom stereocenters. The van der Waals surface area contributed by atoms with Crippen molar-refractivity contribution in [1.29, 1.82) is 0 Å². The number of carbonyl (C=O) groups excluding carboxylic acids is 1. The van der Waals surface area contributed by atoms with Crippen molar-refractivity contribution in [3.63, 3.8) is 0 Å². The Morgan fingerprint density at radius 2 is 2.09 bits per heavy atom. The maximum Gasteiger partial charge on any atom is 0.222 e. The third kappa shape index (κ3) is 2.27. The Morgan fingerprint density at radius 3 is 2.87 bits per heavy atom. The summed E-state index contributed by atoms with van der Waals surface area (Å²) in [5.74, 6) is 1.33. The SMILES string of the molecule is CCC(=O)N1CCC2(CC1)NCc1ccccc1-n1ccnc12. The van der Waals surface area contributed by atoms with Crippen LogP contribution in [0, 0.1) is 0 Å². The van der Waals surface area contributed by atoms with Gasteiger partial charge in [-0.15, -0.1) is 0 Å². The summed E-state index contributed by atoms with van der Waals surface area (Å²) in [6, 6.07) is 8.47. The molecule has 1 fully saturated rings. The van der Waals surface area contributed by atoms with Crippen LogP contribution < -0.4 is 5.32 Å². The Balaban J connectivity index is 1.69. The number of carbonyl (C=O) groups is 1. The van der Waals surface area contributed by atoms with E-state index >= 15 is 0 Å². The van der Waals surface area contributed by atoms with Crippen LogP contribution in [0.4, 0.5) is 0 Å². The molecule has 0 saturated carbocycles. The van der Waals surface area contributed by atoms with E-state index in [1.165, 1.54) is 11.3 Å². The minimum atomic E-state index is -0.146. The molecule has 2 aromatic rings. The van der Waals surface area contributed by atoms with E-state index in [1.807, 2.05) is 24.2 Å². The maximum absolute atomic E-state index is 12.0. The number of fused-ring (bicyclic) bond motifs is 4. The lowest BCUT2D eigenvalue weighted by Gasteiger charge is -2.41. The third-order valence-corrected chi connectivity index (χ3v) is 5.21. The average Bonchev–Trinajstić information content (AvgIpc) is 3.06. The van der Waals surface area contributed by atoms with Crippen molar-refractivity contribution in [3.8, 4) is 5.69 Å². The fraction of sp³-hybridized carbons (Fsp3) is 0.444. The van der Waals surface area contributed by atoms with E-state index in [4.69, 9.17) is 0 Å². The second-order valence-electron chi connectivity index (χ2n) is 6.42. The summed E-state index contributed by atoms with van der Waals surface area (Å²) in [6.45, 7) is 4.35. The van der Waals surface area contributed by atoms with E-state index in [-0.39, 0.29) is 11.4 Å². The molecule has 5 nitrogen and oxygen atoms in total. The first-order valence-electron chi connectivity index (χ1n) is 8.38. The Labute approximate surface area is 136 Å². The minimum absolute atomic E-state index is 0.146. The molecule has 4 rings (SSSR count). The molecule has 1 N–H and O–H groups in total. The predicted molar refractivity (Wildman–Crippen MR) is 88.2 cm³/mol. The molecule has 120 valence electrons. The van der Waals surface area contributed by atoms with Gasteiger partial charge < -0.3 is 14.8 Å². The molecule has 1 aromatic carbocycles. The summed E-state index contributed by atoms with van der Waals surface area (Å²) in [7, 11) is 0. The van der Waals surface area contributed by atoms with Crippen molar-refractivity contribution in [2.24, 2.45) is 0 Å². The molecule has 3 heterocycles. The summed E-state index contributed by atoms with van der Waals surface area (Å²) in [5.41, 5.74) is 2.35. The summed E-state index contributed by atoms with van der Waals surface area (Å²) >= 11 is 0. The normalized spacial score (nSPS) is 19.1. The zero-order chi connectivity index (χ0) is 15.9. The van der Waals surface area contributed by atoms with Crippen molar-refractivity contribution in [1.82, 2.24) is 19.8 Å². The topological polar surface area (TPSA) is 50.2 Å². The van der Waals surface area contributed by atoms with Crippen molar-refractivity contribution in [2.75, 3.05) is 13.1 Å². The zero-order valence-electron chi connectivity index (χ0n) is 13.5. The number of hydrogen-bond acceptors (Lipinski definition) is 3. The van der Waals surface area contributed by atoms with Crippen LogP contribution in [0.5, 0.6) is 0 Å². The van der Waals surface area contributed by atoms with Gasteiger partial charge in [0.05, 0.1) is 11.2 Å². The van der Waals surface area contributed by atoms with Gasteiger partial charge in [-0.05, 0) is 24.5 Å². The maximum atomic E-state index is 12.0. The first-order valence-corrected chi connectivity index (χ1v) is 8.38. The van der Waals surface area contributed by atoms with E-state index in [1.54, 1.807) is 0 Å². The Kier molecular flexibility index (Phi) is 3.45. The Hall–Kier alpha value is -2.14. The quantitative estimate of drug-likeness (QED) is 0.878. The van der Waals surface area contributed by atoms with E-state index in [2.05, 4.69) is 39.1 Å². The lowest BCUT2D eigenvalue weighted by Crippen LogP contribution is -2.52. The molecular weight excluding hydrogens is 288 g/mol. The van der Waals surface area contributed by atoms with Crippen LogP contribution in [-0.2, 0) is 16.9 Å². The number of likely N-dealkylation sites (tertiary alicyclic amines) is 1. The van der Waals surface area contributed by atoms with Crippen LogP contribution in [-0.4, -0.2) is 33.4 Å². The summed E-state index contributed by atoms with van der Waals surface area (Å²) < 4.78 is 2.21. The van der Waals surface area contributed by atoms with E-state index in [0.717, 1.165) is 38.3 Å². The van der Waals surface area contributed by atoms with Gasteiger partial charge in [0.15, 0.2) is 0 Å². The molecule has 0 aliphatic carbocycles. The van der Waals surface area contributed by atoms with E-state index < -0.39 is 0 Å². The van der Waals surface area contributed by atoms with Crippen LogP contribution >= 0.6 is 0 Å². The van der Waals surface area contributed by atoms with Crippen LogP contribution in [0.25, 0.3) is 5.69 Å². The van der Waals surface area contributed by atoms with Crippen LogP contribution in [0.1, 0.15) is 37.6 Å². The molecule has 2 aliphatic heterocycles. The molecule has 0 bridgehead atoms. The number of rotatable bonds is 1. The van der Waals surface area contributed by atoms with Gasteiger partial charge in [-0.25, -0.2) is 4.98 Å². The van der Waals surface area contributed by atoms with Crippen molar-refractivity contribution >= 4 is 5.91 Å². The Morgan fingerprint density at radius 1 is 1.30 bits per heavy atom. The Bertz CT molecular complexity index is 728. The van der Waals surface area contributed by atoms with Crippen LogP contribution in [0.15, 0.2) is 36.7 Å². The van der Waals surface area contributed by atoms with Gasteiger partial charge >= 0.3 is 0 Å². The second-order valence-corrected chi connectivity index (χ2v) is 6.42. The molecule has 5 heteroatoms. The van der Waals surface area contributed by atoms with E-state index in [9.17, 15) is 4.79 Å². The van der Waals surface area contributed by atoms with Crippen molar-refractivity contribution in [3.05, 3.63) is 48.0 Å². The number of piperidine rings is 1. The fourth-order valence-electron chi connectivity index (χ4n) is 3.85. The molecule has 0 radical (unpaired) electrons. The number of benzene rings is 1. The number of nitrogens with zero attached hydrogens (tertiary/aromatic N) is 3. The molecule has 23 heavy (non-hydrogen) atoms. The van der Waals surface area contributed by atoms with Gasteiger partial charge in [0.2, 0.25) is 5.91 Å². The standard InChI is InChI=1S/C18H22N4O/c1-2-16(23)21-10-7-18(8-11-21)17-19-9-12-22(17)15-6-4-3-5-14(15)13-20-18/h3-6,9,12,20H,2,7-8,10-11,13H2,1H3. The average molecular weight is 310 g/mol. The largest absolute Gasteiger partial charge is 0.343 e. The predicted octanol–water partition coefficient (Wildman–Crippen LogP) is 2.20. The van der Waals surface area contributed by atoms with Crippen LogP contribution in [0.3, 0.4) is 0 Å². The molecule has 0 atom stereocenters. The van der Waals surface area contributed by atoms with Gasteiger partial charge in [0.25, 0.3) is 0 Å². The molecule has 1 aromatic heterocycles. The lowest BCUT2D eigenvalue weighted by atomic mass is 9.86. The minimum Gasteiger partial charge on any atom is -0.343 e. The highest BCUT2D eigenvalue weighted by molar-refractivity contribution is 5.75. The highest BCUT2D eigenvalue weighted by Crippen LogP contribution is 2.36. The lowest BCUT2D eigenvalue weighted by molar-refractivity contribution is -0.132.